The Hall–Kier alpha value is -1.63. The van der Waals surface area contributed by atoms with Gasteiger partial charge in [0.05, 0.1) is 18.4 Å². The van der Waals surface area contributed by atoms with Gasteiger partial charge in [0, 0.05) is 34.5 Å². The number of carbonyl (C=O) groups excluding carboxylic acids is 1. The third kappa shape index (κ3) is 4.19. The Morgan fingerprint density at radius 3 is 2.75 bits per heavy atom. The monoisotopic (exact) mass is 302 g/mol. The first kappa shape index (κ1) is 16.4. The van der Waals surface area contributed by atoms with Gasteiger partial charge in [-0.2, -0.15) is 0 Å². The quantitative estimate of drug-likeness (QED) is 0.618. The number of nitrogens with one attached hydrogen (secondary N) is 1. The number of rotatable bonds is 6. The van der Waals surface area contributed by atoms with Crippen LogP contribution in [0.25, 0.3) is 0 Å². The number of methoxy groups -OCH3 is 1. The maximum Gasteiger partial charge on any atom is 0.340 e. The summed E-state index contributed by atoms with van der Waals surface area (Å²) in [6.07, 6.45) is 2.25. The number of hydrogen-bond donors (Lipinski definition) is 2. The van der Waals surface area contributed by atoms with Gasteiger partial charge in [0.25, 0.3) is 0 Å². The van der Waals surface area contributed by atoms with E-state index in [2.05, 4.69) is 10.1 Å². The lowest BCUT2D eigenvalue weighted by Crippen LogP contribution is -2.16. The van der Waals surface area contributed by atoms with Gasteiger partial charge < -0.3 is 15.8 Å². The van der Waals surface area contributed by atoms with E-state index in [0.717, 1.165) is 6.07 Å². The Labute approximate surface area is 120 Å². The number of esters is 1. The first-order valence-corrected chi connectivity index (χ1v) is 7.72. The Morgan fingerprint density at radius 1 is 1.55 bits per heavy atom. The van der Waals surface area contributed by atoms with E-state index in [1.165, 1.54) is 13.2 Å². The predicted molar refractivity (Wildman–Crippen MR) is 78.8 cm³/mol. The molecule has 1 rings (SSSR count). The van der Waals surface area contributed by atoms with E-state index >= 15 is 0 Å². The second-order valence-corrected chi connectivity index (χ2v) is 6.24. The number of halogens is 1. The number of hydrogen-bond acceptors (Lipinski definition) is 5. The number of carbonyl (C=O) groups is 1. The van der Waals surface area contributed by atoms with Gasteiger partial charge >= 0.3 is 5.97 Å². The average molecular weight is 302 g/mol. The van der Waals surface area contributed by atoms with Crippen molar-refractivity contribution in [1.82, 2.24) is 0 Å². The summed E-state index contributed by atoms with van der Waals surface area (Å²) in [4.78, 5) is 11.5. The standard InChI is InChI=1S/C13H19FN2O3S/c1-8(20(3)18)4-5-16-12-6-9(13(17)19-2)11(15)7-10(12)14/h6-8,16H,4-5,15H2,1-3H3. The van der Waals surface area contributed by atoms with Gasteiger partial charge in [-0.1, -0.05) is 6.92 Å². The molecule has 1 aromatic carbocycles. The number of nitrogen functional groups attached to an aromatic ring is 1. The van der Waals surface area contributed by atoms with Crippen LogP contribution in [0.4, 0.5) is 15.8 Å². The summed E-state index contributed by atoms with van der Waals surface area (Å²) in [5.74, 6) is -1.16. The Morgan fingerprint density at radius 2 is 2.20 bits per heavy atom. The molecule has 20 heavy (non-hydrogen) atoms. The van der Waals surface area contributed by atoms with E-state index in [-0.39, 0.29) is 22.2 Å². The fourth-order valence-electron chi connectivity index (χ4n) is 1.59. The lowest BCUT2D eigenvalue weighted by molar-refractivity contribution is 0.0602. The highest BCUT2D eigenvalue weighted by atomic mass is 32.2. The van der Waals surface area contributed by atoms with E-state index < -0.39 is 22.6 Å². The lowest BCUT2D eigenvalue weighted by Gasteiger charge is -2.13. The van der Waals surface area contributed by atoms with Crippen molar-refractivity contribution in [3.63, 3.8) is 0 Å². The van der Waals surface area contributed by atoms with Gasteiger partial charge in [-0.3, -0.25) is 4.21 Å². The molecular formula is C13H19FN2O3S. The van der Waals surface area contributed by atoms with Crippen molar-refractivity contribution in [1.29, 1.82) is 0 Å². The average Bonchev–Trinajstić information content (AvgIpc) is 2.39. The minimum atomic E-state index is -0.918. The highest BCUT2D eigenvalue weighted by Crippen LogP contribution is 2.23. The first-order valence-electron chi connectivity index (χ1n) is 6.10. The van der Waals surface area contributed by atoms with Crippen molar-refractivity contribution in [2.75, 3.05) is 31.0 Å². The summed E-state index contributed by atoms with van der Waals surface area (Å²) >= 11 is 0. The minimum absolute atomic E-state index is 0.0134. The molecule has 0 aliphatic rings. The van der Waals surface area contributed by atoms with E-state index in [1.807, 2.05) is 6.92 Å². The van der Waals surface area contributed by atoms with Crippen LogP contribution in [0, 0.1) is 5.82 Å². The van der Waals surface area contributed by atoms with Gasteiger partial charge in [0.1, 0.15) is 5.82 Å². The maximum absolute atomic E-state index is 13.7. The zero-order valence-electron chi connectivity index (χ0n) is 11.7. The van der Waals surface area contributed by atoms with Gasteiger partial charge in [-0.15, -0.1) is 0 Å². The molecule has 0 heterocycles. The molecule has 5 nitrogen and oxygen atoms in total. The summed E-state index contributed by atoms with van der Waals surface area (Å²) in [5.41, 5.74) is 5.89. The molecule has 0 fully saturated rings. The summed E-state index contributed by atoms with van der Waals surface area (Å²) < 4.78 is 29.5. The van der Waals surface area contributed by atoms with Crippen LogP contribution in [-0.4, -0.2) is 35.3 Å². The highest BCUT2D eigenvalue weighted by molar-refractivity contribution is 7.84. The normalized spacial score (nSPS) is 13.6. The third-order valence-corrected chi connectivity index (χ3v) is 4.35. The molecule has 0 bridgehead atoms. The molecule has 112 valence electrons. The topological polar surface area (TPSA) is 81.4 Å². The molecule has 2 atom stereocenters. The molecule has 0 aliphatic heterocycles. The van der Waals surface area contributed by atoms with E-state index in [9.17, 15) is 13.4 Å². The Bertz CT molecular complexity index is 523. The van der Waals surface area contributed by atoms with Crippen LogP contribution < -0.4 is 11.1 Å². The Balaban J connectivity index is 2.80. The fourth-order valence-corrected chi connectivity index (χ4v) is 2.04. The molecular weight excluding hydrogens is 283 g/mol. The van der Waals surface area contributed by atoms with Crippen LogP contribution in [0.2, 0.25) is 0 Å². The van der Waals surface area contributed by atoms with Crippen molar-refractivity contribution < 1.29 is 18.1 Å². The lowest BCUT2D eigenvalue weighted by atomic mass is 10.1. The molecule has 0 saturated heterocycles. The molecule has 0 radical (unpaired) electrons. The zero-order valence-corrected chi connectivity index (χ0v) is 12.6. The van der Waals surface area contributed by atoms with Crippen molar-refractivity contribution in [3.05, 3.63) is 23.5 Å². The summed E-state index contributed by atoms with van der Waals surface area (Å²) in [5, 5.41) is 2.89. The summed E-state index contributed by atoms with van der Waals surface area (Å²) in [6.45, 7) is 2.30. The van der Waals surface area contributed by atoms with Gasteiger partial charge in [0.2, 0.25) is 0 Å². The van der Waals surface area contributed by atoms with Crippen LogP contribution in [0.1, 0.15) is 23.7 Å². The van der Waals surface area contributed by atoms with Crippen molar-refractivity contribution in [2.24, 2.45) is 0 Å². The molecule has 0 saturated carbocycles. The van der Waals surface area contributed by atoms with Crippen molar-refractivity contribution in [3.8, 4) is 0 Å². The number of ether oxygens (including phenoxy) is 1. The van der Waals surface area contributed by atoms with E-state index in [1.54, 1.807) is 6.26 Å². The molecule has 7 heteroatoms. The molecule has 0 amide bonds. The first-order chi connectivity index (χ1) is 9.36. The summed E-state index contributed by atoms with van der Waals surface area (Å²) in [7, 11) is 0.314. The zero-order chi connectivity index (χ0) is 15.3. The van der Waals surface area contributed by atoms with E-state index in [4.69, 9.17) is 5.73 Å². The third-order valence-electron chi connectivity index (χ3n) is 2.98. The summed E-state index contributed by atoms with van der Waals surface area (Å²) in [6, 6.07) is 2.40. The van der Waals surface area contributed by atoms with Crippen LogP contribution in [0.15, 0.2) is 12.1 Å². The smallest absolute Gasteiger partial charge is 0.340 e. The van der Waals surface area contributed by atoms with Crippen LogP contribution in [0.3, 0.4) is 0 Å². The number of nitrogens with two attached hydrogens (primary N) is 1. The molecule has 3 N–H and O–H groups in total. The molecule has 2 unspecified atom stereocenters. The predicted octanol–water partition coefficient (Wildman–Crippen LogP) is 1.76. The second-order valence-electron chi connectivity index (χ2n) is 4.44. The second kappa shape index (κ2) is 7.23. The SMILES string of the molecule is COC(=O)c1cc(NCCC(C)S(C)=O)c(F)cc1N. The van der Waals surface area contributed by atoms with Gasteiger partial charge in [-0.25, -0.2) is 9.18 Å². The van der Waals surface area contributed by atoms with Crippen LogP contribution in [-0.2, 0) is 15.5 Å². The fraction of sp³-hybridized carbons (Fsp3) is 0.462. The van der Waals surface area contributed by atoms with Crippen LogP contribution in [0.5, 0.6) is 0 Å². The number of benzene rings is 1. The van der Waals surface area contributed by atoms with Gasteiger partial charge in [-0.05, 0) is 18.6 Å². The van der Waals surface area contributed by atoms with Crippen molar-refractivity contribution >= 4 is 28.1 Å². The molecule has 1 aromatic rings. The molecule has 0 aromatic heterocycles. The van der Waals surface area contributed by atoms with E-state index in [0.29, 0.717) is 13.0 Å². The molecule has 0 aliphatic carbocycles. The maximum atomic E-state index is 13.7. The van der Waals surface area contributed by atoms with Crippen LogP contribution >= 0.6 is 0 Å². The minimum Gasteiger partial charge on any atom is -0.465 e. The highest BCUT2D eigenvalue weighted by Gasteiger charge is 2.15. The molecule has 0 spiro atoms. The Kier molecular flexibility index (Phi) is 5.94. The van der Waals surface area contributed by atoms with Crippen molar-refractivity contribution in [2.45, 2.75) is 18.6 Å². The largest absolute Gasteiger partial charge is 0.465 e. The van der Waals surface area contributed by atoms with Gasteiger partial charge in [0.15, 0.2) is 0 Å². The number of anilines is 2.